The number of aliphatic hydroxyl groups is 1. The molecule has 1 N–H and O–H groups in total. The van der Waals surface area contributed by atoms with Crippen molar-refractivity contribution in [3.05, 3.63) is 119 Å². The van der Waals surface area contributed by atoms with Crippen LogP contribution in [0.15, 0.2) is 89.3 Å². The second-order valence-corrected chi connectivity index (χ2v) is 8.77. The van der Waals surface area contributed by atoms with Crippen LogP contribution < -0.4 is 9.47 Å². The summed E-state index contributed by atoms with van der Waals surface area (Å²) < 4.78 is 35.9. The lowest BCUT2D eigenvalue weighted by Crippen LogP contribution is -2.28. The molecule has 4 aromatic rings. The van der Waals surface area contributed by atoms with Crippen molar-refractivity contribution >= 4 is 0 Å². The highest BCUT2D eigenvalue weighted by atomic mass is 19.1. The van der Waals surface area contributed by atoms with E-state index in [9.17, 15) is 9.50 Å². The molecule has 0 radical (unpaired) electrons. The zero-order valence-electron chi connectivity index (χ0n) is 21.3. The summed E-state index contributed by atoms with van der Waals surface area (Å²) >= 11 is 0. The summed E-state index contributed by atoms with van der Waals surface area (Å²) in [5.41, 5.74) is 0.582. The third-order valence-corrected chi connectivity index (χ3v) is 6.32. The molecule has 0 spiro atoms. The molecule has 0 atom stereocenters. The maximum absolute atomic E-state index is 13.7. The molecule has 194 valence electrons. The molecule has 0 unspecified atom stereocenters. The summed E-state index contributed by atoms with van der Waals surface area (Å²) in [6.07, 6.45) is 0. The standard InChI is InChI=1S/C30H32FNO5/c1-34-18-17-32(20-22-5-4-6-25(31)19-22)21-28-15-16-29(37-28)30(33,23-7-11-26(35-2)12-8-23)24-9-13-27(36-3)14-10-24/h4-16,19,33H,17-18,20-21H2,1-3H3. The van der Waals surface area contributed by atoms with Gasteiger partial charge in [-0.25, -0.2) is 4.39 Å². The number of benzene rings is 3. The summed E-state index contributed by atoms with van der Waals surface area (Å²) in [6.45, 7) is 2.13. The van der Waals surface area contributed by atoms with Gasteiger partial charge in [0.2, 0.25) is 0 Å². The van der Waals surface area contributed by atoms with Crippen molar-refractivity contribution < 1.29 is 28.1 Å². The number of nitrogens with zero attached hydrogens (tertiary/aromatic N) is 1. The number of ether oxygens (including phenoxy) is 3. The summed E-state index contributed by atoms with van der Waals surface area (Å²) in [5, 5.41) is 12.2. The lowest BCUT2D eigenvalue weighted by molar-refractivity contribution is 0.0931. The van der Waals surface area contributed by atoms with E-state index in [0.717, 1.165) is 5.56 Å². The van der Waals surface area contributed by atoms with Gasteiger partial charge >= 0.3 is 0 Å². The quantitative estimate of drug-likeness (QED) is 0.279. The van der Waals surface area contributed by atoms with E-state index in [4.69, 9.17) is 18.6 Å². The van der Waals surface area contributed by atoms with Crippen LogP contribution in [0, 0.1) is 5.82 Å². The highest BCUT2D eigenvalue weighted by molar-refractivity contribution is 5.46. The van der Waals surface area contributed by atoms with Gasteiger partial charge in [-0.3, -0.25) is 4.90 Å². The van der Waals surface area contributed by atoms with Crippen molar-refractivity contribution in [3.63, 3.8) is 0 Å². The fraction of sp³-hybridized carbons (Fsp3) is 0.267. The summed E-state index contributed by atoms with van der Waals surface area (Å²) in [7, 11) is 4.85. The third-order valence-electron chi connectivity index (χ3n) is 6.32. The molecule has 0 aliphatic rings. The van der Waals surface area contributed by atoms with Crippen LogP contribution in [-0.2, 0) is 23.4 Å². The predicted molar refractivity (Wildman–Crippen MR) is 139 cm³/mol. The van der Waals surface area contributed by atoms with Gasteiger partial charge in [-0.1, -0.05) is 36.4 Å². The van der Waals surface area contributed by atoms with E-state index in [2.05, 4.69) is 4.90 Å². The van der Waals surface area contributed by atoms with E-state index < -0.39 is 5.60 Å². The Morgan fingerprint density at radius 2 is 1.43 bits per heavy atom. The Hall–Kier alpha value is -3.65. The third kappa shape index (κ3) is 6.20. The minimum Gasteiger partial charge on any atom is -0.497 e. The fourth-order valence-electron chi connectivity index (χ4n) is 4.32. The Labute approximate surface area is 216 Å². The Bertz CT molecular complexity index is 1220. The maximum Gasteiger partial charge on any atom is 0.173 e. The largest absolute Gasteiger partial charge is 0.497 e. The van der Waals surface area contributed by atoms with Crippen LogP contribution in [0.3, 0.4) is 0 Å². The zero-order chi connectivity index (χ0) is 26.3. The molecule has 0 aliphatic carbocycles. The van der Waals surface area contributed by atoms with Crippen molar-refractivity contribution in [2.75, 3.05) is 34.5 Å². The molecule has 37 heavy (non-hydrogen) atoms. The second-order valence-electron chi connectivity index (χ2n) is 8.77. The van der Waals surface area contributed by atoms with Crippen LogP contribution in [0.25, 0.3) is 0 Å². The van der Waals surface area contributed by atoms with Gasteiger partial charge in [-0.2, -0.15) is 0 Å². The summed E-state index contributed by atoms with van der Waals surface area (Å²) in [6, 6.07) is 24.7. The first-order valence-electron chi connectivity index (χ1n) is 12.0. The van der Waals surface area contributed by atoms with Gasteiger partial charge in [-0.15, -0.1) is 0 Å². The molecule has 0 saturated heterocycles. The molecule has 4 rings (SSSR count). The maximum atomic E-state index is 13.7. The monoisotopic (exact) mass is 505 g/mol. The first-order chi connectivity index (χ1) is 18.0. The minimum atomic E-state index is -1.54. The van der Waals surface area contributed by atoms with Gasteiger partial charge in [0, 0.05) is 20.2 Å². The first kappa shape index (κ1) is 26.4. The van der Waals surface area contributed by atoms with Crippen LogP contribution in [0.2, 0.25) is 0 Å². The van der Waals surface area contributed by atoms with Crippen LogP contribution in [0.5, 0.6) is 11.5 Å². The van der Waals surface area contributed by atoms with Crippen molar-refractivity contribution in [1.82, 2.24) is 4.90 Å². The topological polar surface area (TPSA) is 64.3 Å². The molecule has 7 heteroatoms. The average Bonchev–Trinajstić information content (AvgIpc) is 3.40. The van der Waals surface area contributed by atoms with E-state index in [1.165, 1.54) is 12.1 Å². The molecule has 6 nitrogen and oxygen atoms in total. The number of halogens is 1. The first-order valence-corrected chi connectivity index (χ1v) is 12.0. The molecule has 3 aromatic carbocycles. The minimum absolute atomic E-state index is 0.270. The van der Waals surface area contributed by atoms with Crippen LogP contribution >= 0.6 is 0 Å². The molecular formula is C30H32FNO5. The average molecular weight is 506 g/mol. The van der Waals surface area contributed by atoms with Crippen molar-refractivity contribution in [2.45, 2.75) is 18.7 Å². The number of furan rings is 1. The number of methoxy groups -OCH3 is 3. The lowest BCUT2D eigenvalue weighted by atomic mass is 9.84. The Morgan fingerprint density at radius 1 is 0.811 bits per heavy atom. The van der Waals surface area contributed by atoms with E-state index in [1.807, 2.05) is 36.4 Å². The normalized spacial score (nSPS) is 11.6. The van der Waals surface area contributed by atoms with Crippen molar-refractivity contribution in [1.29, 1.82) is 0 Å². The Morgan fingerprint density at radius 3 is 1.97 bits per heavy atom. The summed E-state index contributed by atoms with van der Waals surface area (Å²) in [4.78, 5) is 2.11. The van der Waals surface area contributed by atoms with Crippen LogP contribution in [0.4, 0.5) is 4.39 Å². The van der Waals surface area contributed by atoms with Crippen LogP contribution in [0.1, 0.15) is 28.2 Å². The van der Waals surface area contributed by atoms with Gasteiger partial charge in [0.1, 0.15) is 28.8 Å². The fourth-order valence-corrected chi connectivity index (χ4v) is 4.32. The molecule has 0 amide bonds. The molecule has 0 fully saturated rings. The van der Waals surface area contributed by atoms with E-state index >= 15 is 0 Å². The van der Waals surface area contributed by atoms with E-state index in [-0.39, 0.29) is 5.82 Å². The van der Waals surface area contributed by atoms with Gasteiger partial charge < -0.3 is 23.7 Å². The number of hydrogen-bond donors (Lipinski definition) is 1. The second kappa shape index (κ2) is 12.1. The van der Waals surface area contributed by atoms with Crippen molar-refractivity contribution in [2.24, 2.45) is 0 Å². The smallest absolute Gasteiger partial charge is 0.173 e. The highest BCUT2D eigenvalue weighted by Crippen LogP contribution is 2.39. The lowest BCUT2D eigenvalue weighted by Gasteiger charge is -2.28. The van der Waals surface area contributed by atoms with Gasteiger partial charge in [0.05, 0.1) is 27.4 Å². The van der Waals surface area contributed by atoms with Gasteiger partial charge in [0.25, 0.3) is 0 Å². The molecule has 0 aliphatic heterocycles. The van der Waals surface area contributed by atoms with E-state index in [1.54, 1.807) is 57.7 Å². The van der Waals surface area contributed by atoms with Gasteiger partial charge in [0.15, 0.2) is 5.60 Å². The Balaban J connectivity index is 1.66. The molecular weight excluding hydrogens is 473 g/mol. The van der Waals surface area contributed by atoms with Gasteiger partial charge in [-0.05, 0) is 65.2 Å². The predicted octanol–water partition coefficient (Wildman–Crippen LogP) is 5.37. The number of hydrogen-bond acceptors (Lipinski definition) is 6. The van der Waals surface area contributed by atoms with E-state index in [0.29, 0.717) is 60.4 Å². The zero-order valence-corrected chi connectivity index (χ0v) is 21.3. The van der Waals surface area contributed by atoms with Crippen LogP contribution in [-0.4, -0.2) is 44.5 Å². The molecule has 1 aromatic heterocycles. The number of rotatable bonds is 12. The molecule has 0 saturated carbocycles. The Kier molecular flexibility index (Phi) is 8.61. The highest BCUT2D eigenvalue weighted by Gasteiger charge is 2.37. The summed E-state index contributed by atoms with van der Waals surface area (Å²) in [5.74, 6) is 2.16. The SMILES string of the molecule is COCCN(Cc1cccc(F)c1)Cc1ccc(C(O)(c2ccc(OC)cc2)c2ccc(OC)cc2)o1. The molecule has 1 heterocycles. The molecule has 0 bridgehead atoms. The van der Waals surface area contributed by atoms with Crippen molar-refractivity contribution in [3.8, 4) is 11.5 Å².